The Bertz CT molecular complexity index is 830. The molecule has 0 aliphatic rings. The molecule has 2 aromatic carbocycles. The van der Waals surface area contributed by atoms with Gasteiger partial charge in [0.05, 0.1) is 5.75 Å². The van der Waals surface area contributed by atoms with Crippen LogP contribution in [0.4, 0.5) is 5.69 Å². The normalized spacial score (nSPS) is 10.5. The summed E-state index contributed by atoms with van der Waals surface area (Å²) in [5.74, 6) is 1.33. The maximum atomic E-state index is 12.1. The van der Waals surface area contributed by atoms with Crippen LogP contribution in [0.15, 0.2) is 73.1 Å². The minimum absolute atomic E-state index is 0.0315. The zero-order valence-electron chi connectivity index (χ0n) is 14.8. The lowest BCUT2D eigenvalue weighted by Gasteiger charge is -2.07. The summed E-state index contributed by atoms with van der Waals surface area (Å²) < 4.78 is 0. The fourth-order valence-electron chi connectivity index (χ4n) is 2.59. The smallest absolute Gasteiger partial charge is 0.234 e. The first-order valence-corrected chi connectivity index (χ1v) is 9.75. The second-order valence-corrected chi connectivity index (χ2v) is 7.24. The van der Waals surface area contributed by atoms with E-state index in [0.29, 0.717) is 5.75 Å². The molecule has 0 spiro atoms. The number of carbonyl (C=O) groups excluding carboxylic acids is 1. The van der Waals surface area contributed by atoms with E-state index in [2.05, 4.69) is 53.6 Å². The molecular weight excluding hydrogens is 340 g/mol. The van der Waals surface area contributed by atoms with E-state index in [9.17, 15) is 4.79 Å². The highest BCUT2D eigenvalue weighted by atomic mass is 32.2. The molecule has 0 radical (unpaired) electrons. The van der Waals surface area contributed by atoms with Crippen molar-refractivity contribution in [3.8, 4) is 0 Å². The molecule has 0 fully saturated rings. The SMILES string of the molecule is Cc1ccc(CSCC(=O)Nc2ccc(Cc3ccncc3)cc2)cc1. The number of rotatable bonds is 7. The molecule has 3 aromatic rings. The van der Waals surface area contributed by atoms with Gasteiger partial charge in [0.25, 0.3) is 0 Å². The van der Waals surface area contributed by atoms with Crippen molar-refractivity contribution in [2.75, 3.05) is 11.1 Å². The van der Waals surface area contributed by atoms with Crippen LogP contribution < -0.4 is 5.32 Å². The largest absolute Gasteiger partial charge is 0.325 e. The number of hydrogen-bond acceptors (Lipinski definition) is 3. The van der Waals surface area contributed by atoms with Crippen molar-refractivity contribution in [2.45, 2.75) is 19.1 Å². The third-order valence-corrected chi connectivity index (χ3v) is 5.02. The van der Waals surface area contributed by atoms with Crippen molar-refractivity contribution >= 4 is 23.4 Å². The Kier molecular flexibility index (Phi) is 6.45. The monoisotopic (exact) mass is 362 g/mol. The Labute approximate surface area is 158 Å². The van der Waals surface area contributed by atoms with E-state index in [-0.39, 0.29) is 5.91 Å². The molecular formula is C22H22N2OS. The summed E-state index contributed by atoms with van der Waals surface area (Å²) in [6.45, 7) is 2.08. The predicted octanol–water partition coefficient (Wildman–Crippen LogP) is 4.85. The van der Waals surface area contributed by atoms with Crippen molar-refractivity contribution in [2.24, 2.45) is 0 Å². The van der Waals surface area contributed by atoms with E-state index in [0.717, 1.165) is 17.9 Å². The summed E-state index contributed by atoms with van der Waals surface area (Å²) in [7, 11) is 0. The molecule has 0 unspecified atom stereocenters. The Morgan fingerprint density at radius 1 is 0.885 bits per heavy atom. The number of nitrogens with zero attached hydrogens (tertiary/aromatic N) is 1. The average Bonchev–Trinajstić information content (AvgIpc) is 2.66. The Morgan fingerprint density at radius 3 is 2.19 bits per heavy atom. The van der Waals surface area contributed by atoms with E-state index in [4.69, 9.17) is 0 Å². The van der Waals surface area contributed by atoms with E-state index in [1.807, 2.05) is 24.3 Å². The molecule has 0 bridgehead atoms. The van der Waals surface area contributed by atoms with Crippen LogP contribution in [0.3, 0.4) is 0 Å². The topological polar surface area (TPSA) is 42.0 Å². The van der Waals surface area contributed by atoms with Crippen molar-refractivity contribution in [3.05, 3.63) is 95.3 Å². The van der Waals surface area contributed by atoms with Gasteiger partial charge >= 0.3 is 0 Å². The van der Waals surface area contributed by atoms with E-state index in [1.165, 1.54) is 22.3 Å². The third kappa shape index (κ3) is 5.74. The number of amides is 1. The highest BCUT2D eigenvalue weighted by molar-refractivity contribution is 7.99. The Hall–Kier alpha value is -2.59. The zero-order chi connectivity index (χ0) is 18.2. The molecule has 1 aromatic heterocycles. The van der Waals surface area contributed by atoms with Crippen molar-refractivity contribution in [3.63, 3.8) is 0 Å². The van der Waals surface area contributed by atoms with Crippen LogP contribution in [0.2, 0.25) is 0 Å². The summed E-state index contributed by atoms with van der Waals surface area (Å²) in [5.41, 5.74) is 5.77. The predicted molar refractivity (Wildman–Crippen MR) is 109 cm³/mol. The van der Waals surface area contributed by atoms with Crippen LogP contribution in [-0.4, -0.2) is 16.6 Å². The molecule has 0 atom stereocenters. The van der Waals surface area contributed by atoms with Gasteiger partial charge in [-0.25, -0.2) is 0 Å². The maximum Gasteiger partial charge on any atom is 0.234 e. The number of benzene rings is 2. The summed E-state index contributed by atoms with van der Waals surface area (Å²) in [4.78, 5) is 16.1. The number of anilines is 1. The molecule has 0 saturated heterocycles. The first-order valence-electron chi connectivity index (χ1n) is 8.60. The van der Waals surface area contributed by atoms with Crippen LogP contribution in [0.1, 0.15) is 22.3 Å². The van der Waals surface area contributed by atoms with Gasteiger partial charge in [0.15, 0.2) is 0 Å². The standard InChI is InChI=1S/C22H22N2OS/c1-17-2-4-20(5-3-17)15-26-16-22(25)24-21-8-6-18(7-9-21)14-19-10-12-23-13-11-19/h2-13H,14-16H2,1H3,(H,24,25). The van der Waals surface area contributed by atoms with Gasteiger partial charge in [0.2, 0.25) is 5.91 Å². The van der Waals surface area contributed by atoms with Gasteiger partial charge in [-0.05, 0) is 54.3 Å². The van der Waals surface area contributed by atoms with Crippen LogP contribution in [0, 0.1) is 6.92 Å². The lowest BCUT2D eigenvalue weighted by molar-refractivity contribution is -0.113. The number of pyridine rings is 1. The minimum atomic E-state index is 0.0315. The molecule has 3 rings (SSSR count). The van der Waals surface area contributed by atoms with Gasteiger partial charge in [-0.3, -0.25) is 9.78 Å². The highest BCUT2D eigenvalue weighted by Gasteiger charge is 2.04. The molecule has 0 aliphatic carbocycles. The van der Waals surface area contributed by atoms with Gasteiger partial charge in [-0.2, -0.15) is 0 Å². The van der Waals surface area contributed by atoms with Gasteiger partial charge in [-0.15, -0.1) is 11.8 Å². The van der Waals surface area contributed by atoms with Crippen molar-refractivity contribution in [1.29, 1.82) is 0 Å². The summed E-state index contributed by atoms with van der Waals surface area (Å²) in [6.07, 6.45) is 4.47. The summed E-state index contributed by atoms with van der Waals surface area (Å²) in [5, 5.41) is 2.96. The zero-order valence-corrected chi connectivity index (χ0v) is 15.6. The molecule has 1 heterocycles. The minimum Gasteiger partial charge on any atom is -0.325 e. The van der Waals surface area contributed by atoms with Crippen LogP contribution in [0.5, 0.6) is 0 Å². The van der Waals surface area contributed by atoms with Gasteiger partial charge in [0, 0.05) is 23.8 Å². The summed E-state index contributed by atoms with van der Waals surface area (Å²) in [6, 6.07) is 20.5. The van der Waals surface area contributed by atoms with Crippen LogP contribution >= 0.6 is 11.8 Å². The van der Waals surface area contributed by atoms with Gasteiger partial charge in [-0.1, -0.05) is 42.0 Å². The number of nitrogens with one attached hydrogen (secondary N) is 1. The molecule has 4 heteroatoms. The van der Waals surface area contributed by atoms with Gasteiger partial charge in [0.1, 0.15) is 0 Å². The van der Waals surface area contributed by atoms with E-state index in [1.54, 1.807) is 24.2 Å². The number of hydrogen-bond donors (Lipinski definition) is 1. The molecule has 3 nitrogen and oxygen atoms in total. The number of thioether (sulfide) groups is 1. The van der Waals surface area contributed by atoms with E-state index >= 15 is 0 Å². The summed E-state index contributed by atoms with van der Waals surface area (Å²) >= 11 is 1.63. The second-order valence-electron chi connectivity index (χ2n) is 6.26. The molecule has 132 valence electrons. The van der Waals surface area contributed by atoms with E-state index < -0.39 is 0 Å². The maximum absolute atomic E-state index is 12.1. The number of aromatic nitrogens is 1. The van der Waals surface area contributed by atoms with Gasteiger partial charge < -0.3 is 5.32 Å². The first kappa shape index (κ1) is 18.2. The van der Waals surface area contributed by atoms with Crippen LogP contribution in [-0.2, 0) is 17.0 Å². The molecule has 1 N–H and O–H groups in total. The Balaban J connectivity index is 1.44. The third-order valence-electron chi connectivity index (χ3n) is 4.02. The fraction of sp³-hybridized carbons (Fsp3) is 0.182. The quantitative estimate of drug-likeness (QED) is 0.653. The molecule has 0 aliphatic heterocycles. The molecule has 26 heavy (non-hydrogen) atoms. The molecule has 0 saturated carbocycles. The van der Waals surface area contributed by atoms with Crippen molar-refractivity contribution in [1.82, 2.24) is 4.98 Å². The Morgan fingerprint density at radius 2 is 1.50 bits per heavy atom. The van der Waals surface area contributed by atoms with Crippen molar-refractivity contribution < 1.29 is 4.79 Å². The fourth-order valence-corrected chi connectivity index (χ4v) is 3.37. The molecule has 1 amide bonds. The highest BCUT2D eigenvalue weighted by Crippen LogP contribution is 2.16. The number of aryl methyl sites for hydroxylation is 1. The first-order chi connectivity index (χ1) is 12.7. The number of carbonyl (C=O) groups is 1. The second kappa shape index (κ2) is 9.20. The lowest BCUT2D eigenvalue weighted by Crippen LogP contribution is -2.14. The lowest BCUT2D eigenvalue weighted by atomic mass is 10.1. The average molecular weight is 362 g/mol. The van der Waals surface area contributed by atoms with Crippen LogP contribution in [0.25, 0.3) is 0 Å².